The normalized spacial score (nSPS) is 10.7. The van der Waals surface area contributed by atoms with Crippen LogP contribution < -0.4 is 4.74 Å². The number of methoxy groups -OCH3 is 1. The van der Waals surface area contributed by atoms with Gasteiger partial charge in [-0.05, 0) is 18.2 Å². The molecule has 0 N–H and O–H groups in total. The molecule has 0 aromatic carbocycles. The second-order valence-corrected chi connectivity index (χ2v) is 4.85. The molecule has 0 saturated heterocycles. The summed E-state index contributed by atoms with van der Waals surface area (Å²) in [6, 6.07) is 5.62. The van der Waals surface area contributed by atoms with Crippen molar-refractivity contribution < 1.29 is 9.53 Å². The average Bonchev–Trinajstić information content (AvgIpc) is 3.05. The number of aromatic nitrogens is 2. The van der Waals surface area contributed by atoms with Gasteiger partial charge in [0.15, 0.2) is 6.29 Å². The van der Waals surface area contributed by atoms with E-state index in [0.717, 1.165) is 28.1 Å². The van der Waals surface area contributed by atoms with Gasteiger partial charge in [0.05, 0.1) is 17.6 Å². The number of thiophene rings is 1. The van der Waals surface area contributed by atoms with Gasteiger partial charge < -0.3 is 9.14 Å². The first-order valence-electron chi connectivity index (χ1n) is 5.38. The molecule has 0 unspecified atom stereocenters. The minimum absolute atomic E-state index is 0.695. The number of pyridine rings is 1. The van der Waals surface area contributed by atoms with Gasteiger partial charge in [0, 0.05) is 23.5 Å². The van der Waals surface area contributed by atoms with Gasteiger partial charge in [0.1, 0.15) is 11.4 Å². The summed E-state index contributed by atoms with van der Waals surface area (Å²) in [5.74, 6) is 0.757. The van der Waals surface area contributed by atoms with Crippen molar-refractivity contribution >= 4 is 23.3 Å². The zero-order valence-electron chi connectivity index (χ0n) is 9.66. The Hall–Kier alpha value is -2.14. The monoisotopic (exact) mass is 258 g/mol. The fraction of sp³-hybridized carbons (Fsp3) is 0.0769. The van der Waals surface area contributed by atoms with Crippen LogP contribution in [0.15, 0.2) is 36.8 Å². The van der Waals surface area contributed by atoms with Crippen molar-refractivity contribution in [3.8, 4) is 16.2 Å². The molecule has 3 aromatic heterocycles. The van der Waals surface area contributed by atoms with Crippen molar-refractivity contribution in [2.24, 2.45) is 0 Å². The van der Waals surface area contributed by atoms with Crippen LogP contribution in [0.3, 0.4) is 0 Å². The highest BCUT2D eigenvalue weighted by Gasteiger charge is 2.14. The molecule has 18 heavy (non-hydrogen) atoms. The Morgan fingerprint density at radius 1 is 1.33 bits per heavy atom. The van der Waals surface area contributed by atoms with E-state index in [9.17, 15) is 4.79 Å². The van der Waals surface area contributed by atoms with Crippen molar-refractivity contribution in [1.82, 2.24) is 9.38 Å². The standard InChI is InChI=1S/C13H10N2O2S/c1-17-10-4-6-15-7-5-14-13(15)12(10)11-3-2-9(8-16)18-11/h2-8H,1H3. The Kier molecular flexibility index (Phi) is 2.60. The van der Waals surface area contributed by atoms with Gasteiger partial charge in [-0.3, -0.25) is 4.79 Å². The summed E-state index contributed by atoms with van der Waals surface area (Å²) >= 11 is 1.43. The first-order chi connectivity index (χ1) is 8.83. The molecule has 90 valence electrons. The third kappa shape index (κ3) is 1.60. The molecule has 4 nitrogen and oxygen atoms in total. The van der Waals surface area contributed by atoms with Crippen molar-refractivity contribution in [3.63, 3.8) is 0 Å². The lowest BCUT2D eigenvalue weighted by Crippen LogP contribution is -1.92. The first kappa shape index (κ1) is 11.0. The summed E-state index contributed by atoms with van der Waals surface area (Å²) in [4.78, 5) is 16.8. The van der Waals surface area contributed by atoms with Crippen LogP contribution in [-0.2, 0) is 0 Å². The van der Waals surface area contributed by atoms with Crippen molar-refractivity contribution in [2.75, 3.05) is 7.11 Å². The maximum absolute atomic E-state index is 10.8. The van der Waals surface area contributed by atoms with Gasteiger partial charge in [-0.25, -0.2) is 4.98 Å². The Labute approximate surface area is 107 Å². The second kappa shape index (κ2) is 4.27. The molecule has 0 fully saturated rings. The van der Waals surface area contributed by atoms with Crippen LogP contribution in [0.1, 0.15) is 9.67 Å². The molecule has 3 aromatic rings. The molecule has 0 saturated carbocycles. The summed E-state index contributed by atoms with van der Waals surface area (Å²) in [6.07, 6.45) is 6.38. The van der Waals surface area contributed by atoms with Gasteiger partial charge >= 0.3 is 0 Å². The van der Waals surface area contributed by atoms with E-state index in [-0.39, 0.29) is 0 Å². The highest BCUT2D eigenvalue weighted by Crippen LogP contribution is 2.37. The van der Waals surface area contributed by atoms with Crippen LogP contribution in [0.4, 0.5) is 0 Å². The zero-order valence-corrected chi connectivity index (χ0v) is 10.5. The molecular weight excluding hydrogens is 248 g/mol. The number of ether oxygens (including phenoxy) is 1. The molecule has 0 aliphatic rings. The van der Waals surface area contributed by atoms with Crippen LogP contribution in [0, 0.1) is 0 Å². The van der Waals surface area contributed by atoms with Crippen LogP contribution in [0.2, 0.25) is 0 Å². The molecule has 0 bridgehead atoms. The maximum Gasteiger partial charge on any atom is 0.160 e. The third-order valence-electron chi connectivity index (χ3n) is 2.73. The molecule has 0 aliphatic heterocycles. The number of carbonyl (C=O) groups excluding carboxylic acids is 1. The number of rotatable bonds is 3. The fourth-order valence-corrected chi connectivity index (χ4v) is 2.79. The number of aldehydes is 1. The van der Waals surface area contributed by atoms with E-state index >= 15 is 0 Å². The first-order valence-corrected chi connectivity index (χ1v) is 6.20. The summed E-state index contributed by atoms with van der Waals surface area (Å²) in [7, 11) is 1.63. The SMILES string of the molecule is COc1ccn2ccnc2c1-c1ccc(C=O)s1. The lowest BCUT2D eigenvalue weighted by molar-refractivity contribution is 0.112. The quantitative estimate of drug-likeness (QED) is 0.678. The fourth-order valence-electron chi connectivity index (χ4n) is 1.92. The highest BCUT2D eigenvalue weighted by molar-refractivity contribution is 7.17. The van der Waals surface area contributed by atoms with E-state index < -0.39 is 0 Å². The summed E-state index contributed by atoms with van der Waals surface area (Å²) in [5.41, 5.74) is 1.75. The molecule has 3 rings (SSSR count). The van der Waals surface area contributed by atoms with Crippen molar-refractivity contribution in [1.29, 1.82) is 0 Å². The summed E-state index contributed by atoms with van der Waals surface area (Å²) in [6.45, 7) is 0. The van der Waals surface area contributed by atoms with Crippen LogP contribution in [0.25, 0.3) is 16.1 Å². The summed E-state index contributed by atoms with van der Waals surface area (Å²) in [5, 5.41) is 0. The Morgan fingerprint density at radius 3 is 2.94 bits per heavy atom. The van der Waals surface area contributed by atoms with Crippen molar-refractivity contribution in [2.45, 2.75) is 0 Å². The van der Waals surface area contributed by atoms with E-state index in [1.807, 2.05) is 28.9 Å². The smallest absolute Gasteiger partial charge is 0.160 e. The van der Waals surface area contributed by atoms with E-state index in [4.69, 9.17) is 4.74 Å². The van der Waals surface area contributed by atoms with Gasteiger partial charge in [-0.2, -0.15) is 0 Å². The number of fused-ring (bicyclic) bond motifs is 1. The lowest BCUT2D eigenvalue weighted by atomic mass is 10.2. The van der Waals surface area contributed by atoms with E-state index in [2.05, 4.69) is 4.98 Å². The van der Waals surface area contributed by atoms with E-state index in [1.165, 1.54) is 11.3 Å². The Balaban J connectivity index is 2.30. The Morgan fingerprint density at radius 2 is 2.22 bits per heavy atom. The molecule has 0 atom stereocenters. The van der Waals surface area contributed by atoms with Crippen LogP contribution in [-0.4, -0.2) is 22.8 Å². The number of nitrogens with zero attached hydrogens (tertiary/aromatic N) is 2. The van der Waals surface area contributed by atoms with Gasteiger partial charge in [-0.1, -0.05) is 0 Å². The highest BCUT2D eigenvalue weighted by atomic mass is 32.1. The zero-order chi connectivity index (χ0) is 12.5. The third-order valence-corrected chi connectivity index (χ3v) is 3.76. The topological polar surface area (TPSA) is 43.6 Å². The lowest BCUT2D eigenvalue weighted by Gasteiger charge is -2.08. The van der Waals surface area contributed by atoms with Crippen LogP contribution >= 0.6 is 11.3 Å². The van der Waals surface area contributed by atoms with Gasteiger partial charge in [0.2, 0.25) is 0 Å². The maximum atomic E-state index is 10.8. The van der Waals surface area contributed by atoms with Crippen molar-refractivity contribution in [3.05, 3.63) is 41.7 Å². The molecule has 0 spiro atoms. The number of hydrogen-bond donors (Lipinski definition) is 0. The molecule has 0 amide bonds. The van der Waals surface area contributed by atoms with Gasteiger partial charge in [-0.15, -0.1) is 11.3 Å². The van der Waals surface area contributed by atoms with Crippen LogP contribution in [0.5, 0.6) is 5.75 Å². The summed E-state index contributed by atoms with van der Waals surface area (Å²) < 4.78 is 7.31. The molecule has 0 radical (unpaired) electrons. The second-order valence-electron chi connectivity index (χ2n) is 3.74. The molecule has 0 aliphatic carbocycles. The van der Waals surface area contributed by atoms with Gasteiger partial charge in [0.25, 0.3) is 0 Å². The molecule has 5 heteroatoms. The average molecular weight is 258 g/mol. The Bertz CT molecular complexity index is 715. The minimum atomic E-state index is 0.695. The molecule has 3 heterocycles. The predicted molar refractivity (Wildman–Crippen MR) is 70.4 cm³/mol. The number of hydrogen-bond acceptors (Lipinski definition) is 4. The number of carbonyl (C=O) groups is 1. The minimum Gasteiger partial charge on any atom is -0.496 e. The predicted octanol–water partition coefficient (Wildman–Crippen LogP) is 2.88. The largest absolute Gasteiger partial charge is 0.496 e. The van der Waals surface area contributed by atoms with E-state index in [0.29, 0.717) is 4.88 Å². The van der Waals surface area contributed by atoms with E-state index in [1.54, 1.807) is 19.4 Å². The molecular formula is C13H10N2O2S. The number of imidazole rings is 1.